The summed E-state index contributed by atoms with van der Waals surface area (Å²) in [5, 5.41) is 11.0. The zero-order valence-electron chi connectivity index (χ0n) is 6.12. The first kappa shape index (κ1) is 7.28. The second kappa shape index (κ2) is 2.93. The van der Waals surface area contributed by atoms with E-state index in [2.05, 4.69) is 6.07 Å². The van der Waals surface area contributed by atoms with Crippen LogP contribution in [0.1, 0.15) is 16.4 Å². The molecule has 3 heteroatoms. The Labute approximate surface area is 69.4 Å². The first-order valence-electron chi connectivity index (χ1n) is 3.66. The van der Waals surface area contributed by atoms with Gasteiger partial charge >= 0.3 is 0 Å². The molecule has 0 spiro atoms. The number of hydrogen-bond donors (Lipinski definition) is 1. The van der Waals surface area contributed by atoms with Crippen molar-refractivity contribution in [3.63, 3.8) is 0 Å². The van der Waals surface area contributed by atoms with Crippen molar-refractivity contribution in [2.24, 2.45) is 0 Å². The molecule has 0 radical (unpaired) electrons. The molecule has 11 heavy (non-hydrogen) atoms. The Balaban J connectivity index is 2.20. The van der Waals surface area contributed by atoms with Crippen LogP contribution >= 0.6 is 11.3 Å². The van der Waals surface area contributed by atoms with Gasteiger partial charge in [-0.2, -0.15) is 0 Å². The predicted molar refractivity (Wildman–Crippen MR) is 43.8 cm³/mol. The van der Waals surface area contributed by atoms with E-state index in [0.717, 1.165) is 18.1 Å². The summed E-state index contributed by atoms with van der Waals surface area (Å²) in [5.41, 5.74) is 1.28. The lowest BCUT2D eigenvalue weighted by Gasteiger charge is -2.26. The number of hydrogen-bond acceptors (Lipinski definition) is 3. The molecule has 1 saturated heterocycles. The summed E-state index contributed by atoms with van der Waals surface area (Å²) in [6, 6.07) is 2.09. The normalized spacial score (nSPS) is 18.3. The minimum absolute atomic E-state index is 0.170. The van der Waals surface area contributed by atoms with Gasteiger partial charge in [0, 0.05) is 10.8 Å². The van der Waals surface area contributed by atoms with Crippen LogP contribution in [0.15, 0.2) is 11.4 Å². The molecule has 0 aliphatic carbocycles. The Bertz CT molecular complexity index is 240. The SMILES string of the molecule is OCc1sccc1C1COC1. The van der Waals surface area contributed by atoms with Gasteiger partial charge in [-0.05, 0) is 17.0 Å². The van der Waals surface area contributed by atoms with Crippen LogP contribution in [0, 0.1) is 0 Å². The molecule has 1 aliphatic rings. The van der Waals surface area contributed by atoms with Crippen molar-refractivity contribution in [3.8, 4) is 0 Å². The van der Waals surface area contributed by atoms with E-state index in [1.54, 1.807) is 11.3 Å². The molecular weight excluding hydrogens is 160 g/mol. The van der Waals surface area contributed by atoms with Gasteiger partial charge in [-0.25, -0.2) is 0 Å². The van der Waals surface area contributed by atoms with Gasteiger partial charge in [0.25, 0.3) is 0 Å². The monoisotopic (exact) mass is 170 g/mol. The van der Waals surface area contributed by atoms with Gasteiger partial charge in [-0.3, -0.25) is 0 Å². The fourth-order valence-corrected chi connectivity index (χ4v) is 2.08. The zero-order chi connectivity index (χ0) is 7.68. The van der Waals surface area contributed by atoms with Crippen molar-refractivity contribution in [1.29, 1.82) is 0 Å². The summed E-state index contributed by atoms with van der Waals surface area (Å²) in [5.74, 6) is 0.545. The number of aliphatic hydroxyl groups is 1. The van der Waals surface area contributed by atoms with Crippen molar-refractivity contribution in [3.05, 3.63) is 21.9 Å². The van der Waals surface area contributed by atoms with E-state index in [1.165, 1.54) is 5.56 Å². The Hall–Kier alpha value is -0.380. The summed E-state index contributed by atoms with van der Waals surface area (Å²) in [7, 11) is 0. The number of aliphatic hydroxyl groups excluding tert-OH is 1. The third-order valence-electron chi connectivity index (χ3n) is 2.00. The summed E-state index contributed by atoms with van der Waals surface area (Å²) in [4.78, 5) is 1.10. The van der Waals surface area contributed by atoms with Crippen LogP contribution in [0.3, 0.4) is 0 Å². The van der Waals surface area contributed by atoms with Crippen LogP contribution in [0.25, 0.3) is 0 Å². The second-order valence-corrected chi connectivity index (χ2v) is 3.69. The molecule has 1 N–H and O–H groups in total. The van der Waals surface area contributed by atoms with Gasteiger partial charge in [-0.15, -0.1) is 11.3 Å². The van der Waals surface area contributed by atoms with E-state index in [1.807, 2.05) is 5.38 Å². The summed E-state index contributed by atoms with van der Waals surface area (Å²) >= 11 is 1.62. The molecule has 1 aromatic rings. The minimum Gasteiger partial charge on any atom is -0.391 e. The third-order valence-corrected chi connectivity index (χ3v) is 2.92. The summed E-state index contributed by atoms with van der Waals surface area (Å²) in [6.07, 6.45) is 0. The molecule has 0 unspecified atom stereocenters. The van der Waals surface area contributed by atoms with Gasteiger partial charge < -0.3 is 9.84 Å². The van der Waals surface area contributed by atoms with Crippen LogP contribution in [0.5, 0.6) is 0 Å². The number of thiophene rings is 1. The Morgan fingerprint density at radius 2 is 2.45 bits per heavy atom. The van der Waals surface area contributed by atoms with Crippen molar-refractivity contribution in [2.75, 3.05) is 13.2 Å². The van der Waals surface area contributed by atoms with Gasteiger partial charge in [0.2, 0.25) is 0 Å². The van der Waals surface area contributed by atoms with E-state index in [9.17, 15) is 0 Å². The van der Waals surface area contributed by atoms with E-state index >= 15 is 0 Å². The molecule has 2 nitrogen and oxygen atoms in total. The highest BCUT2D eigenvalue weighted by Gasteiger charge is 2.23. The van der Waals surface area contributed by atoms with Crippen LogP contribution < -0.4 is 0 Å². The molecule has 2 rings (SSSR count). The standard InChI is InChI=1S/C8H10O2S/c9-3-8-7(1-2-11-8)6-4-10-5-6/h1-2,6,9H,3-5H2. The predicted octanol–water partition coefficient (Wildman–Crippen LogP) is 1.35. The summed E-state index contributed by atoms with van der Waals surface area (Å²) < 4.78 is 5.08. The van der Waals surface area contributed by atoms with Crippen LogP contribution in [0.4, 0.5) is 0 Å². The van der Waals surface area contributed by atoms with E-state index < -0.39 is 0 Å². The summed E-state index contributed by atoms with van der Waals surface area (Å²) in [6.45, 7) is 1.82. The number of ether oxygens (including phenoxy) is 1. The van der Waals surface area contributed by atoms with Crippen molar-refractivity contribution in [1.82, 2.24) is 0 Å². The Kier molecular flexibility index (Phi) is 1.94. The fraction of sp³-hybridized carbons (Fsp3) is 0.500. The van der Waals surface area contributed by atoms with Crippen molar-refractivity contribution < 1.29 is 9.84 Å². The molecule has 1 fully saturated rings. The molecule has 0 saturated carbocycles. The minimum atomic E-state index is 0.170. The third kappa shape index (κ3) is 1.20. The molecule has 1 aliphatic heterocycles. The quantitative estimate of drug-likeness (QED) is 0.726. The first-order valence-corrected chi connectivity index (χ1v) is 4.54. The lowest BCUT2D eigenvalue weighted by molar-refractivity contribution is 0.00794. The molecule has 1 aromatic heterocycles. The van der Waals surface area contributed by atoms with Crippen LogP contribution in [-0.4, -0.2) is 18.3 Å². The topological polar surface area (TPSA) is 29.5 Å². The molecule has 0 bridgehead atoms. The van der Waals surface area contributed by atoms with Crippen molar-refractivity contribution >= 4 is 11.3 Å². The maximum absolute atomic E-state index is 8.95. The smallest absolute Gasteiger partial charge is 0.0777 e. The lowest BCUT2D eigenvalue weighted by Crippen LogP contribution is -2.25. The largest absolute Gasteiger partial charge is 0.391 e. The lowest BCUT2D eigenvalue weighted by atomic mass is 9.99. The van der Waals surface area contributed by atoms with E-state index in [-0.39, 0.29) is 6.61 Å². The molecule has 0 aromatic carbocycles. The maximum atomic E-state index is 8.95. The maximum Gasteiger partial charge on any atom is 0.0777 e. The highest BCUT2D eigenvalue weighted by atomic mass is 32.1. The van der Waals surface area contributed by atoms with Crippen molar-refractivity contribution in [2.45, 2.75) is 12.5 Å². The fourth-order valence-electron chi connectivity index (χ4n) is 1.26. The average molecular weight is 170 g/mol. The highest BCUT2D eigenvalue weighted by Crippen LogP contribution is 2.30. The van der Waals surface area contributed by atoms with E-state index in [0.29, 0.717) is 5.92 Å². The highest BCUT2D eigenvalue weighted by molar-refractivity contribution is 7.10. The first-order chi connectivity index (χ1) is 5.42. The second-order valence-electron chi connectivity index (χ2n) is 2.69. The Morgan fingerprint density at radius 1 is 1.64 bits per heavy atom. The van der Waals surface area contributed by atoms with E-state index in [4.69, 9.17) is 9.84 Å². The van der Waals surface area contributed by atoms with Gasteiger partial charge in [-0.1, -0.05) is 0 Å². The molecule has 0 atom stereocenters. The average Bonchev–Trinajstić information content (AvgIpc) is 2.32. The zero-order valence-corrected chi connectivity index (χ0v) is 6.93. The molecule has 60 valence electrons. The van der Waals surface area contributed by atoms with Gasteiger partial charge in [0.1, 0.15) is 0 Å². The van der Waals surface area contributed by atoms with Gasteiger partial charge in [0.05, 0.1) is 19.8 Å². The van der Waals surface area contributed by atoms with Crippen LogP contribution in [0.2, 0.25) is 0 Å². The molecule has 0 amide bonds. The van der Waals surface area contributed by atoms with Crippen LogP contribution in [-0.2, 0) is 11.3 Å². The van der Waals surface area contributed by atoms with Gasteiger partial charge in [0.15, 0.2) is 0 Å². The Morgan fingerprint density at radius 3 is 3.00 bits per heavy atom. The molecular formula is C8H10O2S. The molecule has 2 heterocycles. The number of rotatable bonds is 2.